The number of nitrogens with zero attached hydrogens (tertiary/aromatic N) is 1. The number of pyridine rings is 1. The topological polar surface area (TPSA) is 104 Å². The molecule has 0 unspecified atom stereocenters. The Labute approximate surface area is 148 Å². The van der Waals surface area contributed by atoms with Crippen LogP contribution in [0.4, 0.5) is 4.39 Å². The Kier molecular flexibility index (Phi) is 3.90. The summed E-state index contributed by atoms with van der Waals surface area (Å²) in [6.45, 7) is 0.285. The molecule has 1 aromatic heterocycles. The van der Waals surface area contributed by atoms with Crippen molar-refractivity contribution < 1.29 is 23.5 Å². The fourth-order valence-corrected chi connectivity index (χ4v) is 3.66. The largest absolute Gasteiger partial charge is 0.496 e. The minimum Gasteiger partial charge on any atom is -0.496 e. The van der Waals surface area contributed by atoms with Crippen molar-refractivity contribution in [3.05, 3.63) is 30.0 Å². The third-order valence-electron chi connectivity index (χ3n) is 5.06. The second kappa shape index (κ2) is 6.12. The average molecular weight is 359 g/mol. The maximum absolute atomic E-state index is 13.5. The van der Waals surface area contributed by atoms with E-state index in [1.165, 1.54) is 7.11 Å². The summed E-state index contributed by atoms with van der Waals surface area (Å²) in [6, 6.07) is 4.83. The number of amides is 2. The molecule has 136 valence electrons. The Morgan fingerprint density at radius 2 is 2.23 bits per heavy atom. The van der Waals surface area contributed by atoms with E-state index in [0.29, 0.717) is 23.4 Å². The van der Waals surface area contributed by atoms with Gasteiger partial charge in [0.05, 0.1) is 25.2 Å². The number of carbonyl (C=O) groups excluding carboxylic acids is 2. The summed E-state index contributed by atoms with van der Waals surface area (Å²) in [7, 11) is 1.45. The summed E-state index contributed by atoms with van der Waals surface area (Å²) in [6.07, 6.45) is 1.05. The van der Waals surface area contributed by atoms with Crippen LogP contribution < -0.4 is 20.5 Å². The van der Waals surface area contributed by atoms with Gasteiger partial charge in [-0.3, -0.25) is 9.59 Å². The van der Waals surface area contributed by atoms with Gasteiger partial charge >= 0.3 is 0 Å². The molecule has 8 heteroatoms. The van der Waals surface area contributed by atoms with Gasteiger partial charge in [0.15, 0.2) is 0 Å². The molecule has 4 atom stereocenters. The van der Waals surface area contributed by atoms with Crippen molar-refractivity contribution in [2.75, 3.05) is 13.7 Å². The molecule has 2 aromatic rings. The van der Waals surface area contributed by atoms with Gasteiger partial charge in [0.2, 0.25) is 11.8 Å². The van der Waals surface area contributed by atoms with Crippen LogP contribution in [0.1, 0.15) is 16.8 Å². The quantitative estimate of drug-likeness (QED) is 0.806. The van der Waals surface area contributed by atoms with Gasteiger partial charge < -0.3 is 20.5 Å². The van der Waals surface area contributed by atoms with Crippen LogP contribution in [0.3, 0.4) is 0 Å². The molecule has 2 amide bonds. The predicted octanol–water partition coefficient (Wildman–Crippen LogP) is 1.19. The zero-order valence-corrected chi connectivity index (χ0v) is 14.1. The van der Waals surface area contributed by atoms with E-state index in [1.807, 2.05) is 0 Å². The summed E-state index contributed by atoms with van der Waals surface area (Å²) in [5.74, 6) is -0.784. The first-order valence-electron chi connectivity index (χ1n) is 8.35. The van der Waals surface area contributed by atoms with Crippen molar-refractivity contribution >= 4 is 22.6 Å². The van der Waals surface area contributed by atoms with Crippen molar-refractivity contribution in [1.29, 1.82) is 0 Å². The number of nitrogens with one attached hydrogen (secondary N) is 1. The molecular formula is C18H18FN3O4. The molecule has 3 N–H and O–H groups in total. The van der Waals surface area contributed by atoms with Crippen molar-refractivity contribution in [3.8, 4) is 11.6 Å². The smallest absolute Gasteiger partial charge is 0.252 e. The normalized spacial score (nSPS) is 26.3. The maximum atomic E-state index is 13.5. The van der Waals surface area contributed by atoms with E-state index in [1.54, 1.807) is 24.4 Å². The summed E-state index contributed by atoms with van der Waals surface area (Å²) < 4.78 is 24.5. The van der Waals surface area contributed by atoms with Crippen LogP contribution in [0.25, 0.3) is 10.8 Å². The summed E-state index contributed by atoms with van der Waals surface area (Å²) in [5.41, 5.74) is 5.66. The Morgan fingerprint density at radius 1 is 1.42 bits per heavy atom. The Bertz CT molecular complexity index is 903. The number of nitrogens with two attached hydrogens (primary N) is 1. The Morgan fingerprint density at radius 3 is 2.88 bits per heavy atom. The molecule has 0 spiro atoms. The highest BCUT2D eigenvalue weighted by atomic mass is 19.1. The number of carbonyl (C=O) groups is 2. The lowest BCUT2D eigenvalue weighted by Gasteiger charge is -2.15. The van der Waals surface area contributed by atoms with Crippen LogP contribution in [0.2, 0.25) is 0 Å². The number of benzene rings is 1. The molecule has 7 nitrogen and oxygen atoms in total. The maximum Gasteiger partial charge on any atom is 0.252 e. The van der Waals surface area contributed by atoms with Gasteiger partial charge in [-0.15, -0.1) is 0 Å². The monoisotopic (exact) mass is 359 g/mol. The van der Waals surface area contributed by atoms with Crippen LogP contribution in [0.15, 0.2) is 24.4 Å². The average Bonchev–Trinajstić information content (AvgIpc) is 3.18. The zero-order valence-electron chi connectivity index (χ0n) is 14.1. The van der Waals surface area contributed by atoms with Crippen molar-refractivity contribution in [3.63, 3.8) is 0 Å². The Hall–Kier alpha value is -2.90. The van der Waals surface area contributed by atoms with Crippen molar-refractivity contribution in [2.24, 2.45) is 17.6 Å². The fraction of sp³-hybridized carbons (Fsp3) is 0.389. The first-order chi connectivity index (χ1) is 12.5. The van der Waals surface area contributed by atoms with Gasteiger partial charge in [0, 0.05) is 30.0 Å². The number of halogens is 1. The van der Waals surface area contributed by atoms with E-state index < -0.39 is 18.0 Å². The molecule has 2 aliphatic rings. The Balaban J connectivity index is 1.51. The van der Waals surface area contributed by atoms with Crippen LogP contribution in [0.5, 0.6) is 11.6 Å². The third kappa shape index (κ3) is 2.61. The van der Waals surface area contributed by atoms with Gasteiger partial charge in [0.25, 0.3) is 5.91 Å². The van der Waals surface area contributed by atoms with E-state index in [4.69, 9.17) is 15.2 Å². The molecular weight excluding hydrogens is 341 g/mol. The van der Waals surface area contributed by atoms with Crippen molar-refractivity contribution in [2.45, 2.75) is 18.6 Å². The van der Waals surface area contributed by atoms with E-state index in [-0.39, 0.29) is 30.0 Å². The molecule has 2 fully saturated rings. The van der Waals surface area contributed by atoms with Crippen LogP contribution in [0, 0.1) is 11.8 Å². The van der Waals surface area contributed by atoms with E-state index >= 15 is 0 Å². The highest BCUT2D eigenvalue weighted by Crippen LogP contribution is 2.49. The molecule has 1 aromatic carbocycles. The summed E-state index contributed by atoms with van der Waals surface area (Å²) in [5, 5.41) is 4.21. The number of hydrogen-bond acceptors (Lipinski definition) is 5. The lowest BCUT2D eigenvalue weighted by atomic mass is 10.1. The molecule has 2 heterocycles. The van der Waals surface area contributed by atoms with Gasteiger partial charge in [-0.2, -0.15) is 0 Å². The van der Waals surface area contributed by atoms with Gasteiger partial charge in [-0.05, 0) is 23.6 Å². The number of alkyl halides is 1. The van der Waals surface area contributed by atoms with Crippen LogP contribution in [-0.4, -0.2) is 42.7 Å². The number of piperidine rings is 1. The lowest BCUT2D eigenvalue weighted by Crippen LogP contribution is -2.34. The van der Waals surface area contributed by atoms with E-state index in [9.17, 15) is 14.0 Å². The zero-order chi connectivity index (χ0) is 18.4. The number of primary amides is 1. The third-order valence-corrected chi connectivity index (χ3v) is 5.06. The highest BCUT2D eigenvalue weighted by Gasteiger charge is 2.64. The van der Waals surface area contributed by atoms with E-state index in [0.717, 1.165) is 5.39 Å². The predicted molar refractivity (Wildman–Crippen MR) is 90.7 cm³/mol. The molecule has 26 heavy (non-hydrogen) atoms. The fourth-order valence-electron chi connectivity index (χ4n) is 3.66. The number of ether oxygens (including phenoxy) is 2. The highest BCUT2D eigenvalue weighted by molar-refractivity contribution is 6.01. The second-order valence-corrected chi connectivity index (χ2v) is 6.55. The van der Waals surface area contributed by atoms with Gasteiger partial charge in [0.1, 0.15) is 11.9 Å². The molecule has 1 aliphatic carbocycles. The molecule has 1 saturated carbocycles. The molecule has 0 bridgehead atoms. The molecule has 4 rings (SSSR count). The standard InChI is InChI=1S/C18H18FN3O4/c1-25-12-7-9-8(6-10(12)16(20)23)2-4-21-18(9)26-5-3-11-13-14(15(13)19)17(24)22-11/h2,4,6-7,11,13-15H,3,5H2,1H3,(H2,20,23)(H,22,24)/t11-,13-,14+,15+/m1/s1. The number of methoxy groups -OCH3 is 1. The first kappa shape index (κ1) is 16.6. The van der Waals surface area contributed by atoms with Gasteiger partial charge in [-0.25, -0.2) is 9.37 Å². The van der Waals surface area contributed by atoms with Gasteiger partial charge in [-0.1, -0.05) is 0 Å². The second-order valence-electron chi connectivity index (χ2n) is 6.55. The number of rotatable bonds is 6. The number of fused-ring (bicyclic) bond motifs is 2. The molecule has 0 radical (unpaired) electrons. The minimum absolute atomic E-state index is 0.200. The first-order valence-corrected chi connectivity index (χ1v) is 8.35. The van der Waals surface area contributed by atoms with Crippen LogP contribution >= 0.6 is 0 Å². The van der Waals surface area contributed by atoms with Crippen LogP contribution in [-0.2, 0) is 4.79 Å². The number of hydrogen-bond donors (Lipinski definition) is 2. The SMILES string of the molecule is COc1cc2c(OCC[C@H]3NC(=O)[C@@H]4[C@@H](F)[C@@H]43)nccc2cc1C(N)=O. The van der Waals surface area contributed by atoms with Crippen molar-refractivity contribution in [1.82, 2.24) is 10.3 Å². The van der Waals surface area contributed by atoms with E-state index in [2.05, 4.69) is 10.3 Å². The lowest BCUT2D eigenvalue weighted by molar-refractivity contribution is -0.121. The molecule has 1 saturated heterocycles. The summed E-state index contributed by atoms with van der Waals surface area (Å²) >= 11 is 0. The number of aromatic nitrogens is 1. The minimum atomic E-state index is -1.03. The summed E-state index contributed by atoms with van der Waals surface area (Å²) in [4.78, 5) is 27.3. The molecule has 1 aliphatic heterocycles.